The summed E-state index contributed by atoms with van der Waals surface area (Å²) in [6, 6.07) is 3.23. The number of thioether (sulfide) groups is 2. The van der Waals surface area contributed by atoms with Crippen LogP contribution in [0, 0.1) is 17.9 Å². The molecule has 5 nitrogen and oxygen atoms in total. The number of hydrogen-bond acceptors (Lipinski definition) is 5. The zero-order valence-corrected chi connectivity index (χ0v) is 12.6. The van der Waals surface area contributed by atoms with Crippen LogP contribution in [0.15, 0.2) is 22.1 Å². The summed E-state index contributed by atoms with van der Waals surface area (Å²) in [6.07, 6.45) is 2.11. The molecule has 1 unspecified atom stereocenters. The number of nitrogens with zero attached hydrogens (tertiary/aromatic N) is 3. The molecule has 1 aromatic rings. The van der Waals surface area contributed by atoms with Gasteiger partial charge in [0.05, 0.1) is 0 Å². The van der Waals surface area contributed by atoms with Crippen LogP contribution < -0.4 is 5.73 Å². The number of carbonyl (C=O) groups is 1. The van der Waals surface area contributed by atoms with Crippen LogP contribution in [0.5, 0.6) is 0 Å². The molecule has 0 bridgehead atoms. The van der Waals surface area contributed by atoms with Crippen molar-refractivity contribution < 1.29 is 4.79 Å². The fraction of sp³-hybridized carbons (Fsp3) is 0.385. The third kappa shape index (κ3) is 4.76. The predicted octanol–water partition coefficient (Wildman–Crippen LogP) is 2.59. The Labute approximate surface area is 126 Å². The highest BCUT2D eigenvalue weighted by Gasteiger charge is 2.13. The van der Waals surface area contributed by atoms with E-state index in [2.05, 4.69) is 9.83 Å². The van der Waals surface area contributed by atoms with Crippen LogP contribution in [0.3, 0.4) is 0 Å². The number of aromatic nitrogens is 1. The number of rotatable bonds is 7. The molecule has 0 saturated carbocycles. The van der Waals surface area contributed by atoms with Crippen LogP contribution in [0.25, 0.3) is 4.85 Å². The van der Waals surface area contributed by atoms with E-state index in [-0.39, 0.29) is 5.69 Å². The second-order valence-electron chi connectivity index (χ2n) is 3.73. The van der Waals surface area contributed by atoms with Gasteiger partial charge in [-0.3, -0.25) is 9.64 Å². The molecule has 0 aliphatic carbocycles. The summed E-state index contributed by atoms with van der Waals surface area (Å²) in [7, 11) is 0. The smallest absolute Gasteiger partial charge is 0.308 e. The Bertz CT molecular complexity index is 548. The number of amides is 1. The second kappa shape index (κ2) is 8.47. The van der Waals surface area contributed by atoms with Gasteiger partial charge in [0.15, 0.2) is 6.07 Å². The van der Waals surface area contributed by atoms with Crippen molar-refractivity contribution >= 4 is 29.4 Å². The van der Waals surface area contributed by atoms with Gasteiger partial charge >= 0.3 is 6.04 Å². The van der Waals surface area contributed by atoms with E-state index in [9.17, 15) is 4.79 Å². The van der Waals surface area contributed by atoms with E-state index < -0.39 is 11.9 Å². The molecule has 0 aromatic carbocycles. The first kappa shape index (κ1) is 16.4. The molecule has 1 aromatic heterocycles. The first-order chi connectivity index (χ1) is 9.62. The molecule has 0 saturated heterocycles. The summed E-state index contributed by atoms with van der Waals surface area (Å²) in [5, 5.41) is 8.69. The quantitative estimate of drug-likeness (QED) is 0.618. The lowest BCUT2D eigenvalue weighted by atomic mass is 10.3. The van der Waals surface area contributed by atoms with Gasteiger partial charge in [0.1, 0.15) is 5.69 Å². The summed E-state index contributed by atoms with van der Waals surface area (Å²) in [5.41, 5.74) is 5.57. The standard InChI is InChI=1S/C13H14N4OS2/c1-3-19-11-6-10(8-17-12(11)13(15)18)20-5-4-9(7-14)16-2/h6,8-9H,3-5H2,1H3,(H2,15,18). The number of carbonyl (C=O) groups excluding carboxylic acids is 1. The number of hydrogen-bond donors (Lipinski definition) is 1. The van der Waals surface area contributed by atoms with Crippen molar-refractivity contribution in [3.8, 4) is 6.07 Å². The molecule has 7 heteroatoms. The lowest BCUT2D eigenvalue weighted by Crippen LogP contribution is -2.14. The third-order valence-corrected chi connectivity index (χ3v) is 4.23. The van der Waals surface area contributed by atoms with Gasteiger partial charge in [-0.15, -0.1) is 23.5 Å². The summed E-state index contributed by atoms with van der Waals surface area (Å²) in [5.74, 6) is 0.953. The van der Waals surface area contributed by atoms with Crippen molar-refractivity contribution in [3.63, 3.8) is 0 Å². The van der Waals surface area contributed by atoms with Gasteiger partial charge in [-0.2, -0.15) is 5.26 Å². The van der Waals surface area contributed by atoms with E-state index in [4.69, 9.17) is 17.6 Å². The van der Waals surface area contributed by atoms with Crippen LogP contribution in [-0.2, 0) is 0 Å². The molecule has 104 valence electrons. The highest BCUT2D eigenvalue weighted by molar-refractivity contribution is 8.00. The van der Waals surface area contributed by atoms with Crippen molar-refractivity contribution in [2.45, 2.75) is 29.2 Å². The number of pyridine rings is 1. The Morgan fingerprint density at radius 2 is 2.40 bits per heavy atom. The van der Waals surface area contributed by atoms with E-state index in [0.717, 1.165) is 15.5 Å². The Morgan fingerprint density at radius 1 is 1.65 bits per heavy atom. The second-order valence-corrected chi connectivity index (χ2v) is 6.20. The SMILES string of the molecule is [C-]#[N+]C(C#N)CCSc1cnc(C(N)=O)c(SCC)c1. The minimum atomic E-state index is -0.593. The Hall–Kier alpha value is -1.70. The van der Waals surface area contributed by atoms with Crippen LogP contribution in [0.2, 0.25) is 0 Å². The van der Waals surface area contributed by atoms with Crippen LogP contribution in [0.4, 0.5) is 0 Å². The zero-order chi connectivity index (χ0) is 15.0. The topological polar surface area (TPSA) is 84.1 Å². The zero-order valence-electron chi connectivity index (χ0n) is 11.0. The Morgan fingerprint density at radius 3 is 2.95 bits per heavy atom. The van der Waals surface area contributed by atoms with Gasteiger partial charge in [0.25, 0.3) is 5.91 Å². The van der Waals surface area contributed by atoms with Crippen LogP contribution in [-0.4, -0.2) is 28.4 Å². The van der Waals surface area contributed by atoms with Gasteiger partial charge < -0.3 is 5.73 Å². The molecule has 0 aliphatic heterocycles. The highest BCUT2D eigenvalue weighted by atomic mass is 32.2. The molecule has 0 fully saturated rings. The predicted molar refractivity (Wildman–Crippen MR) is 80.5 cm³/mol. The van der Waals surface area contributed by atoms with Gasteiger partial charge in [-0.1, -0.05) is 6.92 Å². The van der Waals surface area contributed by atoms with Gasteiger partial charge in [-0.25, -0.2) is 11.6 Å². The van der Waals surface area contributed by atoms with E-state index in [1.165, 1.54) is 23.5 Å². The third-order valence-electron chi connectivity index (χ3n) is 2.33. The van der Waals surface area contributed by atoms with E-state index in [1.807, 2.05) is 19.1 Å². The number of primary amides is 1. The van der Waals surface area contributed by atoms with Crippen molar-refractivity contribution in [2.24, 2.45) is 5.73 Å². The monoisotopic (exact) mass is 306 g/mol. The number of nitrogens with two attached hydrogens (primary N) is 1. The Kier molecular flexibility index (Phi) is 6.92. The van der Waals surface area contributed by atoms with Crippen molar-refractivity contribution in [2.75, 3.05) is 11.5 Å². The van der Waals surface area contributed by atoms with Gasteiger partial charge in [-0.05, 0) is 11.8 Å². The fourth-order valence-corrected chi connectivity index (χ4v) is 3.19. The van der Waals surface area contributed by atoms with Crippen molar-refractivity contribution in [1.82, 2.24) is 4.98 Å². The maximum atomic E-state index is 11.3. The molecule has 1 rings (SSSR count). The van der Waals surface area contributed by atoms with Crippen LogP contribution in [0.1, 0.15) is 23.8 Å². The summed E-state index contributed by atoms with van der Waals surface area (Å²) in [6.45, 7) is 8.82. The van der Waals surface area contributed by atoms with Crippen LogP contribution >= 0.6 is 23.5 Å². The van der Waals surface area contributed by atoms with E-state index in [1.54, 1.807) is 6.20 Å². The first-order valence-electron chi connectivity index (χ1n) is 5.94. The molecular weight excluding hydrogens is 292 g/mol. The maximum Gasteiger partial charge on any atom is 0.308 e. The summed E-state index contributed by atoms with van der Waals surface area (Å²) < 4.78 is 0. The molecule has 1 heterocycles. The molecule has 1 atom stereocenters. The lowest BCUT2D eigenvalue weighted by Gasteiger charge is -2.07. The molecule has 2 N–H and O–H groups in total. The largest absolute Gasteiger partial charge is 0.364 e. The number of nitriles is 1. The summed E-state index contributed by atoms with van der Waals surface area (Å²) in [4.78, 5) is 20.2. The molecule has 0 aliphatic rings. The maximum absolute atomic E-state index is 11.3. The highest BCUT2D eigenvalue weighted by Crippen LogP contribution is 2.27. The van der Waals surface area contributed by atoms with Crippen molar-refractivity contribution in [1.29, 1.82) is 5.26 Å². The normalized spacial score (nSPS) is 11.3. The molecule has 0 radical (unpaired) electrons. The van der Waals surface area contributed by atoms with Gasteiger partial charge in [0, 0.05) is 28.2 Å². The Balaban J connectivity index is 2.73. The fourth-order valence-electron chi connectivity index (χ4n) is 1.40. The summed E-state index contributed by atoms with van der Waals surface area (Å²) >= 11 is 3.03. The average Bonchev–Trinajstić information content (AvgIpc) is 2.44. The molecule has 1 amide bonds. The van der Waals surface area contributed by atoms with E-state index in [0.29, 0.717) is 12.2 Å². The molecule has 20 heavy (non-hydrogen) atoms. The minimum absolute atomic E-state index is 0.289. The van der Waals surface area contributed by atoms with Gasteiger partial charge in [0.2, 0.25) is 0 Å². The first-order valence-corrected chi connectivity index (χ1v) is 7.91. The van der Waals surface area contributed by atoms with E-state index >= 15 is 0 Å². The average molecular weight is 306 g/mol. The lowest BCUT2D eigenvalue weighted by molar-refractivity contribution is 0.0992. The van der Waals surface area contributed by atoms with Crippen molar-refractivity contribution in [3.05, 3.63) is 29.4 Å². The molecular formula is C13H14N4OS2. The minimum Gasteiger partial charge on any atom is -0.364 e. The molecule has 0 spiro atoms.